The molecule has 128 valence electrons. The fourth-order valence-corrected chi connectivity index (χ4v) is 4.28. The number of amides is 1. The first-order valence-electron chi connectivity index (χ1n) is 9.34. The van der Waals surface area contributed by atoms with Crippen LogP contribution in [0.5, 0.6) is 0 Å². The average molecular weight is 340 g/mol. The third-order valence-corrected chi connectivity index (χ3v) is 5.48. The topological polar surface area (TPSA) is 33.2 Å². The molecule has 3 aromatic rings. The number of carbonyl (C=O) groups is 1. The number of para-hydroxylation sites is 1. The standard InChI is InChI=1S/C23H20N2O/c26-23-19-13-5-4-12-18(19)22(17-8-2-1-3-9-17)25(23)20-14-6-10-16-11-7-15-24-21(16)20/h4-7,10-15H,1-3,8-9H2. The van der Waals surface area contributed by atoms with E-state index in [0.29, 0.717) is 0 Å². The molecule has 1 fully saturated rings. The van der Waals surface area contributed by atoms with Gasteiger partial charge in [0.25, 0.3) is 5.91 Å². The molecule has 2 aromatic carbocycles. The zero-order valence-electron chi connectivity index (χ0n) is 14.6. The summed E-state index contributed by atoms with van der Waals surface area (Å²) in [5, 5.41) is 1.06. The van der Waals surface area contributed by atoms with E-state index in [1.165, 1.54) is 24.8 Å². The molecular formula is C23H20N2O. The normalized spacial score (nSPS) is 17.1. The van der Waals surface area contributed by atoms with Crippen LogP contribution in [-0.2, 0) is 0 Å². The van der Waals surface area contributed by atoms with Crippen LogP contribution in [0.4, 0.5) is 5.69 Å². The number of hydrogen-bond acceptors (Lipinski definition) is 2. The Hall–Kier alpha value is -2.94. The number of pyridine rings is 1. The molecule has 1 amide bonds. The number of carbonyl (C=O) groups excluding carboxylic acids is 1. The SMILES string of the molecule is O=C1c2ccccc2C(=C2CCCCC2)N1c1cccc2cccnc12. The van der Waals surface area contributed by atoms with Gasteiger partial charge in [-0.15, -0.1) is 0 Å². The Balaban J connectivity index is 1.78. The van der Waals surface area contributed by atoms with E-state index in [4.69, 9.17) is 0 Å². The zero-order chi connectivity index (χ0) is 17.5. The quantitative estimate of drug-likeness (QED) is 0.580. The van der Waals surface area contributed by atoms with E-state index in [0.717, 1.165) is 46.3 Å². The average Bonchev–Trinajstić information content (AvgIpc) is 3.01. The zero-order valence-corrected chi connectivity index (χ0v) is 14.6. The molecule has 1 aliphatic heterocycles. The van der Waals surface area contributed by atoms with Gasteiger partial charge in [0.05, 0.1) is 16.9 Å². The summed E-state index contributed by atoms with van der Waals surface area (Å²) in [7, 11) is 0. The minimum atomic E-state index is 0.0619. The molecule has 0 bridgehead atoms. The number of hydrogen-bond donors (Lipinski definition) is 0. The highest BCUT2D eigenvalue weighted by molar-refractivity contribution is 6.24. The number of benzene rings is 2. The molecule has 0 saturated heterocycles. The van der Waals surface area contributed by atoms with Crippen LogP contribution < -0.4 is 4.90 Å². The van der Waals surface area contributed by atoms with Gasteiger partial charge in [0.15, 0.2) is 0 Å². The Morgan fingerprint density at radius 3 is 2.42 bits per heavy atom. The van der Waals surface area contributed by atoms with Gasteiger partial charge in [0.1, 0.15) is 0 Å². The predicted octanol–water partition coefficient (Wildman–Crippen LogP) is 5.57. The fourth-order valence-electron chi connectivity index (χ4n) is 4.28. The van der Waals surface area contributed by atoms with Gasteiger partial charge in [0, 0.05) is 22.7 Å². The van der Waals surface area contributed by atoms with Crippen LogP contribution in [0, 0.1) is 0 Å². The van der Waals surface area contributed by atoms with Gasteiger partial charge in [0.2, 0.25) is 0 Å². The van der Waals surface area contributed by atoms with Gasteiger partial charge in [-0.05, 0) is 49.5 Å². The van der Waals surface area contributed by atoms with Crippen molar-refractivity contribution in [2.75, 3.05) is 4.90 Å². The summed E-state index contributed by atoms with van der Waals surface area (Å²) < 4.78 is 0. The Kier molecular flexibility index (Phi) is 3.59. The van der Waals surface area contributed by atoms with Crippen LogP contribution in [-0.4, -0.2) is 10.9 Å². The van der Waals surface area contributed by atoms with Crippen LogP contribution in [0.15, 0.2) is 66.4 Å². The van der Waals surface area contributed by atoms with E-state index in [9.17, 15) is 4.79 Å². The third-order valence-electron chi connectivity index (χ3n) is 5.48. The van der Waals surface area contributed by atoms with E-state index in [1.54, 1.807) is 6.20 Å². The second-order valence-electron chi connectivity index (χ2n) is 7.05. The van der Waals surface area contributed by atoms with E-state index < -0.39 is 0 Å². The van der Waals surface area contributed by atoms with Crippen LogP contribution in [0.3, 0.4) is 0 Å². The van der Waals surface area contributed by atoms with Gasteiger partial charge in [-0.3, -0.25) is 14.7 Å². The molecule has 0 radical (unpaired) electrons. The van der Waals surface area contributed by atoms with Crippen LogP contribution in [0.2, 0.25) is 0 Å². The first-order valence-corrected chi connectivity index (χ1v) is 9.34. The van der Waals surface area contributed by atoms with Crippen molar-refractivity contribution in [2.45, 2.75) is 32.1 Å². The summed E-state index contributed by atoms with van der Waals surface area (Å²) in [6.45, 7) is 0. The highest BCUT2D eigenvalue weighted by Gasteiger charge is 2.36. The second kappa shape index (κ2) is 6.10. The lowest BCUT2D eigenvalue weighted by molar-refractivity contribution is 0.101. The summed E-state index contributed by atoms with van der Waals surface area (Å²) in [4.78, 5) is 19.9. The molecule has 2 heterocycles. The predicted molar refractivity (Wildman–Crippen MR) is 105 cm³/mol. The van der Waals surface area contributed by atoms with Crippen molar-refractivity contribution in [1.82, 2.24) is 4.98 Å². The minimum Gasteiger partial charge on any atom is -0.274 e. The molecule has 1 saturated carbocycles. The van der Waals surface area contributed by atoms with E-state index >= 15 is 0 Å². The van der Waals surface area contributed by atoms with Crippen LogP contribution >= 0.6 is 0 Å². The maximum Gasteiger partial charge on any atom is 0.263 e. The molecule has 0 unspecified atom stereocenters. The smallest absolute Gasteiger partial charge is 0.263 e. The van der Waals surface area contributed by atoms with Gasteiger partial charge >= 0.3 is 0 Å². The van der Waals surface area contributed by atoms with Gasteiger partial charge in [-0.1, -0.05) is 42.8 Å². The molecule has 1 aromatic heterocycles. The Labute approximate surface area is 153 Å². The molecule has 0 spiro atoms. The van der Waals surface area contributed by atoms with E-state index in [-0.39, 0.29) is 5.91 Å². The summed E-state index contributed by atoms with van der Waals surface area (Å²) in [5.74, 6) is 0.0619. The van der Waals surface area contributed by atoms with Crippen molar-refractivity contribution in [3.05, 3.63) is 77.5 Å². The molecule has 2 aliphatic rings. The number of nitrogens with zero attached hydrogens (tertiary/aromatic N) is 2. The van der Waals surface area contributed by atoms with Gasteiger partial charge < -0.3 is 0 Å². The largest absolute Gasteiger partial charge is 0.274 e. The first-order chi connectivity index (χ1) is 12.8. The maximum atomic E-state index is 13.4. The molecule has 5 rings (SSSR count). The highest BCUT2D eigenvalue weighted by Crippen LogP contribution is 2.43. The lowest BCUT2D eigenvalue weighted by Crippen LogP contribution is -2.24. The number of aromatic nitrogens is 1. The van der Waals surface area contributed by atoms with Gasteiger partial charge in [-0.25, -0.2) is 0 Å². The lowest BCUT2D eigenvalue weighted by atomic mass is 9.91. The number of allylic oxidation sites excluding steroid dienone is 1. The third kappa shape index (κ3) is 2.27. The Morgan fingerprint density at radius 1 is 0.808 bits per heavy atom. The molecule has 0 atom stereocenters. The lowest BCUT2D eigenvalue weighted by Gasteiger charge is -2.25. The monoisotopic (exact) mass is 340 g/mol. The van der Waals surface area contributed by atoms with Crippen molar-refractivity contribution < 1.29 is 4.79 Å². The summed E-state index contributed by atoms with van der Waals surface area (Å²) in [6.07, 6.45) is 7.64. The summed E-state index contributed by atoms with van der Waals surface area (Å²) >= 11 is 0. The Bertz CT molecular complexity index is 1040. The molecule has 1 aliphatic carbocycles. The molecule has 0 N–H and O–H groups in total. The summed E-state index contributed by atoms with van der Waals surface area (Å²) in [6, 6.07) is 18.1. The molecular weight excluding hydrogens is 320 g/mol. The molecule has 3 heteroatoms. The van der Waals surface area contributed by atoms with E-state index in [2.05, 4.69) is 11.1 Å². The Morgan fingerprint density at radius 2 is 1.58 bits per heavy atom. The second-order valence-corrected chi connectivity index (χ2v) is 7.05. The molecule has 3 nitrogen and oxygen atoms in total. The number of anilines is 1. The van der Waals surface area contributed by atoms with Crippen molar-refractivity contribution in [1.29, 1.82) is 0 Å². The van der Waals surface area contributed by atoms with Crippen molar-refractivity contribution >= 4 is 28.2 Å². The van der Waals surface area contributed by atoms with Crippen LogP contribution in [0.25, 0.3) is 16.6 Å². The maximum absolute atomic E-state index is 13.4. The van der Waals surface area contributed by atoms with Crippen LogP contribution in [0.1, 0.15) is 48.0 Å². The van der Waals surface area contributed by atoms with Crippen molar-refractivity contribution in [3.8, 4) is 0 Å². The highest BCUT2D eigenvalue weighted by atomic mass is 16.2. The molecule has 26 heavy (non-hydrogen) atoms. The van der Waals surface area contributed by atoms with E-state index in [1.807, 2.05) is 53.4 Å². The number of rotatable bonds is 1. The van der Waals surface area contributed by atoms with Gasteiger partial charge in [-0.2, -0.15) is 0 Å². The fraction of sp³-hybridized carbons (Fsp3) is 0.217. The van der Waals surface area contributed by atoms with Crippen molar-refractivity contribution in [2.24, 2.45) is 0 Å². The summed E-state index contributed by atoms with van der Waals surface area (Å²) in [5.41, 5.74) is 6.14. The van der Waals surface area contributed by atoms with Crippen molar-refractivity contribution in [3.63, 3.8) is 0 Å². The minimum absolute atomic E-state index is 0.0619. The first kappa shape index (κ1) is 15.3. The number of fused-ring (bicyclic) bond motifs is 2.